The van der Waals surface area contributed by atoms with Gasteiger partial charge in [-0.2, -0.15) is 24.9 Å². The number of nitrogens with two attached hydrogens (primary N) is 1. The molecule has 1 nitrogen and oxygen atoms in total. The van der Waals surface area contributed by atoms with Gasteiger partial charge in [-0.3, -0.25) is 0 Å². The summed E-state index contributed by atoms with van der Waals surface area (Å²) in [6.45, 7) is 1.78. The summed E-state index contributed by atoms with van der Waals surface area (Å²) < 4.78 is 34.6. The van der Waals surface area contributed by atoms with Crippen LogP contribution < -0.4 is 5.73 Å². The fraction of sp³-hybridized carbons (Fsp3) is 1.00. The Kier molecular flexibility index (Phi) is 4.92. The van der Waals surface area contributed by atoms with Crippen LogP contribution in [-0.2, 0) is 0 Å². The third kappa shape index (κ3) is 10.1. The Balaban J connectivity index is 3.15. The van der Waals surface area contributed by atoms with Crippen molar-refractivity contribution >= 4 is 11.8 Å². The van der Waals surface area contributed by atoms with E-state index >= 15 is 0 Å². The summed E-state index contributed by atoms with van der Waals surface area (Å²) in [5, 5.41) is 0. The zero-order valence-corrected chi connectivity index (χ0v) is 7.13. The Labute approximate surface area is 68.5 Å². The summed E-state index contributed by atoms with van der Waals surface area (Å²) in [5.41, 5.74) is 5.34. The molecule has 0 spiro atoms. The first-order valence-electron chi connectivity index (χ1n) is 3.32. The van der Waals surface area contributed by atoms with Crippen molar-refractivity contribution in [3.05, 3.63) is 0 Å². The quantitative estimate of drug-likeness (QED) is 0.681. The van der Waals surface area contributed by atoms with Gasteiger partial charge in [0.1, 0.15) is 0 Å². The van der Waals surface area contributed by atoms with Crippen molar-refractivity contribution in [3.63, 3.8) is 0 Å². The molecule has 0 heterocycles. The summed E-state index contributed by atoms with van der Waals surface area (Å²) in [4.78, 5) is 0. The summed E-state index contributed by atoms with van der Waals surface area (Å²) >= 11 is 1.24. The summed E-state index contributed by atoms with van der Waals surface area (Å²) in [6.07, 6.45) is -4.74. The molecule has 0 aromatic heterocycles. The summed E-state index contributed by atoms with van der Waals surface area (Å²) in [5.74, 6) is 0.709. The van der Waals surface area contributed by atoms with Crippen LogP contribution in [0.1, 0.15) is 13.3 Å². The first-order valence-corrected chi connectivity index (χ1v) is 4.47. The van der Waals surface area contributed by atoms with Gasteiger partial charge in [-0.1, -0.05) is 0 Å². The van der Waals surface area contributed by atoms with E-state index in [0.29, 0.717) is 5.75 Å². The zero-order chi connectivity index (χ0) is 8.91. The largest absolute Gasteiger partial charge is 0.389 e. The minimum absolute atomic E-state index is 0.0202. The Morgan fingerprint density at radius 3 is 2.36 bits per heavy atom. The van der Waals surface area contributed by atoms with Crippen LogP contribution in [0.2, 0.25) is 0 Å². The van der Waals surface area contributed by atoms with Crippen molar-refractivity contribution in [3.8, 4) is 0 Å². The Bertz CT molecular complexity index is 102. The van der Waals surface area contributed by atoms with Crippen LogP contribution >= 0.6 is 11.8 Å². The molecule has 0 aliphatic heterocycles. The van der Waals surface area contributed by atoms with Gasteiger partial charge in [-0.15, -0.1) is 0 Å². The highest BCUT2D eigenvalue weighted by Gasteiger charge is 2.25. The molecule has 0 fully saturated rings. The number of alkyl halides is 3. The molecule has 2 N–H and O–H groups in total. The lowest BCUT2D eigenvalue weighted by Gasteiger charge is -2.06. The molecule has 0 saturated heterocycles. The molecule has 0 bridgehead atoms. The van der Waals surface area contributed by atoms with Crippen LogP contribution in [0.4, 0.5) is 13.2 Å². The van der Waals surface area contributed by atoms with E-state index < -0.39 is 12.6 Å². The van der Waals surface area contributed by atoms with Gasteiger partial charge in [0.25, 0.3) is 0 Å². The first kappa shape index (κ1) is 11.1. The van der Waals surface area contributed by atoms with Gasteiger partial charge >= 0.3 is 6.18 Å². The van der Waals surface area contributed by atoms with Gasteiger partial charge in [-0.05, 0) is 6.92 Å². The third-order valence-corrected chi connectivity index (χ3v) is 2.16. The molecule has 0 aliphatic rings. The number of hydrogen-bond acceptors (Lipinski definition) is 2. The molecule has 0 amide bonds. The van der Waals surface area contributed by atoms with Crippen LogP contribution in [0.3, 0.4) is 0 Å². The molecule has 0 saturated carbocycles. The normalized spacial score (nSPS) is 15.0. The highest BCUT2D eigenvalue weighted by atomic mass is 32.2. The van der Waals surface area contributed by atoms with Gasteiger partial charge in [0.05, 0.1) is 6.42 Å². The molecule has 0 radical (unpaired) electrons. The number of thioether (sulfide) groups is 1. The summed E-state index contributed by atoms with van der Waals surface area (Å²) in [7, 11) is 0. The molecular weight excluding hydrogens is 175 g/mol. The van der Waals surface area contributed by atoms with E-state index in [1.165, 1.54) is 11.8 Å². The lowest BCUT2D eigenvalue weighted by Crippen LogP contribution is -2.18. The Morgan fingerprint density at radius 1 is 1.45 bits per heavy atom. The van der Waals surface area contributed by atoms with Gasteiger partial charge in [-0.25, -0.2) is 0 Å². The minimum Gasteiger partial charge on any atom is -0.327 e. The number of hydrogen-bond donors (Lipinski definition) is 1. The Hall–Kier alpha value is 0.100. The second-order valence-electron chi connectivity index (χ2n) is 2.42. The molecule has 0 aromatic rings. The zero-order valence-electron chi connectivity index (χ0n) is 6.32. The van der Waals surface area contributed by atoms with Gasteiger partial charge in [0, 0.05) is 17.5 Å². The number of halogens is 3. The van der Waals surface area contributed by atoms with Crippen molar-refractivity contribution in [1.82, 2.24) is 0 Å². The molecule has 1 atom stereocenters. The molecule has 0 aromatic carbocycles. The topological polar surface area (TPSA) is 26.0 Å². The van der Waals surface area contributed by atoms with Gasteiger partial charge in [0.2, 0.25) is 0 Å². The second-order valence-corrected chi connectivity index (χ2v) is 3.57. The average molecular weight is 187 g/mol. The maximum Gasteiger partial charge on any atom is 0.389 e. The molecule has 0 rings (SSSR count). The second kappa shape index (κ2) is 4.87. The van der Waals surface area contributed by atoms with Crippen molar-refractivity contribution in [2.45, 2.75) is 25.6 Å². The monoisotopic (exact) mass is 187 g/mol. The average Bonchev–Trinajstić information content (AvgIpc) is 1.78. The van der Waals surface area contributed by atoms with E-state index in [1.807, 2.05) is 0 Å². The van der Waals surface area contributed by atoms with E-state index in [4.69, 9.17) is 5.73 Å². The SMILES string of the molecule is C[C@@H](N)CSCCC(F)(F)F. The lowest BCUT2D eigenvalue weighted by molar-refractivity contribution is -0.129. The standard InChI is InChI=1S/C6H12F3NS/c1-5(10)4-11-3-2-6(7,8)9/h5H,2-4,10H2,1H3/t5-/m1/s1. The summed E-state index contributed by atoms with van der Waals surface area (Å²) in [6, 6.07) is -0.0202. The predicted octanol–water partition coefficient (Wildman–Crippen LogP) is 2.02. The van der Waals surface area contributed by atoms with E-state index in [1.54, 1.807) is 6.92 Å². The lowest BCUT2D eigenvalue weighted by atomic mass is 10.4. The molecule has 11 heavy (non-hydrogen) atoms. The molecule has 5 heteroatoms. The Morgan fingerprint density at radius 2 is 2.00 bits per heavy atom. The van der Waals surface area contributed by atoms with Crippen molar-refractivity contribution < 1.29 is 13.2 Å². The van der Waals surface area contributed by atoms with Crippen LogP contribution in [0.25, 0.3) is 0 Å². The number of rotatable bonds is 4. The van der Waals surface area contributed by atoms with Crippen molar-refractivity contribution in [1.29, 1.82) is 0 Å². The molecule has 0 aliphatic carbocycles. The van der Waals surface area contributed by atoms with Crippen molar-refractivity contribution in [2.24, 2.45) is 5.73 Å². The van der Waals surface area contributed by atoms with Crippen molar-refractivity contribution in [2.75, 3.05) is 11.5 Å². The van der Waals surface area contributed by atoms with Gasteiger partial charge in [0.15, 0.2) is 0 Å². The van der Waals surface area contributed by atoms with Crippen LogP contribution in [0, 0.1) is 0 Å². The molecular formula is C6H12F3NS. The van der Waals surface area contributed by atoms with E-state index in [9.17, 15) is 13.2 Å². The highest BCUT2D eigenvalue weighted by Crippen LogP contribution is 2.21. The fourth-order valence-corrected chi connectivity index (χ4v) is 1.37. The minimum atomic E-state index is -4.02. The highest BCUT2D eigenvalue weighted by molar-refractivity contribution is 7.99. The van der Waals surface area contributed by atoms with Gasteiger partial charge < -0.3 is 5.73 Å². The predicted molar refractivity (Wildman–Crippen MR) is 41.6 cm³/mol. The van der Waals surface area contributed by atoms with Crippen LogP contribution in [-0.4, -0.2) is 23.7 Å². The van der Waals surface area contributed by atoms with E-state index in [0.717, 1.165) is 0 Å². The smallest absolute Gasteiger partial charge is 0.327 e. The molecule has 68 valence electrons. The first-order chi connectivity index (χ1) is 4.92. The fourth-order valence-electron chi connectivity index (χ4n) is 0.457. The van der Waals surface area contributed by atoms with E-state index in [-0.39, 0.29) is 11.8 Å². The maximum absolute atomic E-state index is 11.5. The van der Waals surface area contributed by atoms with Crippen LogP contribution in [0.5, 0.6) is 0 Å². The third-order valence-electron chi connectivity index (χ3n) is 0.911. The van der Waals surface area contributed by atoms with Crippen LogP contribution in [0.15, 0.2) is 0 Å². The molecule has 0 unspecified atom stereocenters. The maximum atomic E-state index is 11.5. The van der Waals surface area contributed by atoms with E-state index in [2.05, 4.69) is 0 Å².